The summed E-state index contributed by atoms with van der Waals surface area (Å²) in [5.74, 6) is 0.950. The third-order valence-electron chi connectivity index (χ3n) is 6.61. The molecule has 1 aliphatic rings. The van der Waals surface area contributed by atoms with Crippen molar-refractivity contribution in [3.8, 4) is 28.3 Å². The van der Waals surface area contributed by atoms with Crippen LogP contribution >= 0.6 is 0 Å². The molecule has 0 amide bonds. The maximum Gasteiger partial charge on any atom is 0.128 e. The van der Waals surface area contributed by atoms with Crippen molar-refractivity contribution in [1.82, 2.24) is 34.3 Å². The fourth-order valence-electron chi connectivity index (χ4n) is 4.64. The summed E-state index contributed by atoms with van der Waals surface area (Å²) >= 11 is 0. The van der Waals surface area contributed by atoms with Crippen LogP contribution in [-0.4, -0.2) is 60.4 Å². The Labute approximate surface area is 214 Å². The molecule has 1 fully saturated rings. The second-order valence-corrected chi connectivity index (χ2v) is 9.01. The summed E-state index contributed by atoms with van der Waals surface area (Å²) in [7, 11) is 1.89. The van der Waals surface area contributed by atoms with Gasteiger partial charge in [-0.25, -0.2) is 9.50 Å². The summed E-state index contributed by atoms with van der Waals surface area (Å²) in [6.07, 6.45) is 15.2. The summed E-state index contributed by atoms with van der Waals surface area (Å²) in [5, 5.41) is 18.4. The smallest absolute Gasteiger partial charge is 0.128 e. The van der Waals surface area contributed by atoms with Gasteiger partial charge in [-0.15, -0.1) is 0 Å². The van der Waals surface area contributed by atoms with Crippen molar-refractivity contribution < 1.29 is 0 Å². The predicted molar refractivity (Wildman–Crippen MR) is 142 cm³/mol. The Morgan fingerprint density at radius 1 is 0.892 bits per heavy atom. The highest BCUT2D eigenvalue weighted by molar-refractivity contribution is 5.87. The van der Waals surface area contributed by atoms with Crippen LogP contribution in [0.3, 0.4) is 0 Å². The Morgan fingerprint density at radius 3 is 2.49 bits per heavy atom. The molecule has 5 aromatic rings. The van der Waals surface area contributed by atoms with Crippen molar-refractivity contribution in [2.45, 2.75) is 0 Å². The molecule has 0 saturated carbocycles. The maximum atomic E-state index is 9.67. The first-order chi connectivity index (χ1) is 18.2. The van der Waals surface area contributed by atoms with Crippen molar-refractivity contribution in [2.24, 2.45) is 7.05 Å². The van der Waals surface area contributed by atoms with Gasteiger partial charge in [0, 0.05) is 86.5 Å². The van der Waals surface area contributed by atoms with E-state index in [1.165, 1.54) is 0 Å². The number of nitrogens with zero attached hydrogens (tertiary/aromatic N) is 9. The zero-order chi connectivity index (χ0) is 25.2. The molecule has 0 bridgehead atoms. The van der Waals surface area contributed by atoms with Crippen LogP contribution in [0.2, 0.25) is 0 Å². The molecule has 0 radical (unpaired) electrons. The van der Waals surface area contributed by atoms with Crippen LogP contribution in [0.4, 0.5) is 5.82 Å². The third-order valence-corrected chi connectivity index (χ3v) is 6.61. The monoisotopic (exact) mass is 487 g/mol. The van der Waals surface area contributed by atoms with Gasteiger partial charge < -0.3 is 9.80 Å². The van der Waals surface area contributed by atoms with E-state index in [2.05, 4.69) is 61.5 Å². The highest BCUT2D eigenvalue weighted by Crippen LogP contribution is 2.32. The lowest BCUT2D eigenvalue weighted by atomic mass is 10.0. The van der Waals surface area contributed by atoms with Gasteiger partial charge in [0.1, 0.15) is 11.9 Å². The van der Waals surface area contributed by atoms with Crippen LogP contribution in [-0.2, 0) is 7.05 Å². The van der Waals surface area contributed by atoms with Crippen molar-refractivity contribution in [3.63, 3.8) is 0 Å². The Morgan fingerprint density at radius 2 is 1.78 bits per heavy atom. The molecular formula is C28H25N9. The fraction of sp³-hybridized carbons (Fsp3) is 0.179. The molecule has 9 heteroatoms. The van der Waals surface area contributed by atoms with E-state index in [9.17, 15) is 5.26 Å². The van der Waals surface area contributed by atoms with Gasteiger partial charge in [-0.2, -0.15) is 15.5 Å². The standard InChI is InChI=1S/C28H25N9/c1-34-19-24(18-32-34)22-14-26(28-23(15-29)17-33-37(28)20-22)21-5-6-27(31-16-21)36-12-10-35(11-13-36)9-7-25-4-2-3-8-30-25/h2-9,14,16-20H,10-13H2,1H3. The lowest BCUT2D eigenvalue weighted by Crippen LogP contribution is -2.44. The van der Waals surface area contributed by atoms with Crippen LogP contribution in [0.25, 0.3) is 33.8 Å². The van der Waals surface area contributed by atoms with E-state index in [0.717, 1.165) is 65.5 Å². The predicted octanol–water partition coefficient (Wildman–Crippen LogP) is 3.86. The molecular weight excluding hydrogens is 462 g/mol. The maximum absolute atomic E-state index is 9.67. The summed E-state index contributed by atoms with van der Waals surface area (Å²) < 4.78 is 3.54. The van der Waals surface area contributed by atoms with Crippen LogP contribution < -0.4 is 4.90 Å². The summed E-state index contributed by atoms with van der Waals surface area (Å²) in [4.78, 5) is 13.8. The molecule has 0 unspecified atom stereocenters. The second-order valence-electron chi connectivity index (χ2n) is 9.01. The number of pyridine rings is 3. The highest BCUT2D eigenvalue weighted by Gasteiger charge is 2.18. The molecule has 0 spiro atoms. The van der Waals surface area contributed by atoms with Crippen molar-refractivity contribution >= 4 is 17.4 Å². The van der Waals surface area contributed by atoms with E-state index < -0.39 is 0 Å². The number of rotatable bonds is 5. The number of nitriles is 1. The quantitative estimate of drug-likeness (QED) is 0.372. The van der Waals surface area contributed by atoms with E-state index in [4.69, 9.17) is 4.98 Å². The number of aromatic nitrogens is 6. The summed E-state index contributed by atoms with van der Waals surface area (Å²) in [6, 6.07) is 14.4. The SMILES string of the molecule is Cn1cc(-c2cc(-c3ccc(N4CCN(C=Cc5ccccn5)CC4)nc3)c3c(C#N)cnn3c2)cn1. The number of piperazine rings is 1. The molecule has 9 nitrogen and oxygen atoms in total. The van der Waals surface area contributed by atoms with E-state index in [-0.39, 0.29) is 0 Å². The van der Waals surface area contributed by atoms with Gasteiger partial charge in [0.2, 0.25) is 0 Å². The van der Waals surface area contributed by atoms with E-state index in [1.807, 2.05) is 50.0 Å². The minimum absolute atomic E-state index is 0.534. The molecule has 5 aromatic heterocycles. The van der Waals surface area contributed by atoms with Crippen LogP contribution in [0.5, 0.6) is 0 Å². The van der Waals surface area contributed by atoms with Gasteiger partial charge in [0.05, 0.1) is 29.2 Å². The molecule has 0 atom stereocenters. The van der Waals surface area contributed by atoms with Gasteiger partial charge in [0.25, 0.3) is 0 Å². The van der Waals surface area contributed by atoms with Crippen molar-refractivity contribution in [3.05, 3.63) is 91.0 Å². The van der Waals surface area contributed by atoms with Gasteiger partial charge in [0.15, 0.2) is 0 Å². The van der Waals surface area contributed by atoms with Crippen molar-refractivity contribution in [2.75, 3.05) is 31.1 Å². The molecule has 6 heterocycles. The lowest BCUT2D eigenvalue weighted by molar-refractivity contribution is 0.350. The molecule has 0 aliphatic carbocycles. The summed E-state index contributed by atoms with van der Waals surface area (Å²) in [5.41, 5.74) is 6.08. The van der Waals surface area contributed by atoms with Gasteiger partial charge in [-0.05, 0) is 36.4 Å². The van der Waals surface area contributed by atoms with Crippen LogP contribution in [0, 0.1) is 11.3 Å². The second kappa shape index (κ2) is 9.59. The molecule has 37 heavy (non-hydrogen) atoms. The number of aryl methyl sites for hydroxylation is 1. The van der Waals surface area contributed by atoms with Gasteiger partial charge in [-0.1, -0.05) is 6.07 Å². The fourth-order valence-corrected chi connectivity index (χ4v) is 4.64. The summed E-state index contributed by atoms with van der Waals surface area (Å²) in [6.45, 7) is 3.62. The van der Waals surface area contributed by atoms with Crippen molar-refractivity contribution in [1.29, 1.82) is 5.26 Å². The number of hydrogen-bond acceptors (Lipinski definition) is 7. The lowest BCUT2D eigenvalue weighted by Gasteiger charge is -2.34. The number of fused-ring (bicyclic) bond motifs is 1. The number of hydrogen-bond donors (Lipinski definition) is 0. The molecule has 0 aromatic carbocycles. The largest absolute Gasteiger partial charge is 0.374 e. The topological polar surface area (TPSA) is 91.2 Å². The molecule has 1 aliphatic heterocycles. The van der Waals surface area contributed by atoms with E-state index in [1.54, 1.807) is 21.6 Å². The molecule has 6 rings (SSSR count). The zero-order valence-corrected chi connectivity index (χ0v) is 20.4. The average Bonchev–Trinajstić information content (AvgIpc) is 3.58. The number of anilines is 1. The first kappa shape index (κ1) is 22.5. The molecule has 0 N–H and O–H groups in total. The Balaban J connectivity index is 1.23. The Hall–Kier alpha value is -4.97. The minimum atomic E-state index is 0.534. The first-order valence-electron chi connectivity index (χ1n) is 12.1. The Bertz CT molecular complexity index is 1600. The van der Waals surface area contributed by atoms with Gasteiger partial charge in [-0.3, -0.25) is 9.67 Å². The van der Waals surface area contributed by atoms with E-state index >= 15 is 0 Å². The average molecular weight is 488 g/mol. The zero-order valence-electron chi connectivity index (χ0n) is 20.4. The normalized spacial score (nSPS) is 13.9. The molecule has 1 saturated heterocycles. The van der Waals surface area contributed by atoms with E-state index in [0.29, 0.717) is 5.56 Å². The minimum Gasteiger partial charge on any atom is -0.374 e. The van der Waals surface area contributed by atoms with Gasteiger partial charge >= 0.3 is 0 Å². The Kier molecular flexibility index (Phi) is 5.83. The van der Waals surface area contributed by atoms with Crippen LogP contribution in [0.1, 0.15) is 11.3 Å². The van der Waals surface area contributed by atoms with Crippen LogP contribution in [0.15, 0.2) is 79.8 Å². The first-order valence-corrected chi connectivity index (χ1v) is 12.1. The highest BCUT2D eigenvalue weighted by atomic mass is 15.3. The third kappa shape index (κ3) is 4.52. The molecule has 182 valence electrons.